The summed E-state index contributed by atoms with van der Waals surface area (Å²) in [7, 11) is 1.38. The summed E-state index contributed by atoms with van der Waals surface area (Å²) in [6.45, 7) is 2.33. The van der Waals surface area contributed by atoms with Gasteiger partial charge in [-0.05, 0) is 13.3 Å². The first-order valence-corrected chi connectivity index (χ1v) is 4.70. The summed E-state index contributed by atoms with van der Waals surface area (Å²) in [5.74, 6) is -0.466. The van der Waals surface area contributed by atoms with Crippen molar-refractivity contribution in [1.29, 1.82) is 0 Å². The Morgan fingerprint density at radius 3 is 2.93 bits per heavy atom. The average Bonchev–Trinajstić information content (AvgIpc) is 2.46. The maximum Gasteiger partial charge on any atom is 0.310 e. The smallest absolute Gasteiger partial charge is 0.310 e. The van der Waals surface area contributed by atoms with Gasteiger partial charge in [0.1, 0.15) is 0 Å². The van der Waals surface area contributed by atoms with Crippen molar-refractivity contribution in [2.45, 2.75) is 24.9 Å². The van der Waals surface area contributed by atoms with Gasteiger partial charge in [-0.15, -0.1) is 0 Å². The van der Waals surface area contributed by atoms with Crippen LogP contribution in [0, 0.1) is 5.92 Å². The number of piperazine rings is 1. The Morgan fingerprint density at radius 2 is 2.36 bits per heavy atom. The van der Waals surface area contributed by atoms with Gasteiger partial charge in [-0.1, -0.05) is 0 Å². The minimum Gasteiger partial charge on any atom is -0.469 e. The third-order valence-corrected chi connectivity index (χ3v) is 3.11. The maximum absolute atomic E-state index is 11.5. The maximum atomic E-state index is 11.5. The van der Waals surface area contributed by atoms with E-state index in [4.69, 9.17) is 4.74 Å². The van der Waals surface area contributed by atoms with Crippen LogP contribution in [0.4, 0.5) is 0 Å². The zero-order valence-electron chi connectivity index (χ0n) is 8.29. The Balaban J connectivity index is 2.20. The molecule has 2 fully saturated rings. The number of rotatable bonds is 1. The lowest BCUT2D eigenvalue weighted by Crippen LogP contribution is -2.60. The summed E-state index contributed by atoms with van der Waals surface area (Å²) in [4.78, 5) is 22.9. The Morgan fingerprint density at radius 1 is 1.64 bits per heavy atom. The Kier molecular flexibility index (Phi) is 1.99. The highest BCUT2D eigenvalue weighted by atomic mass is 16.5. The second kappa shape index (κ2) is 2.95. The molecular formula is C9H14N2O3. The van der Waals surface area contributed by atoms with E-state index in [2.05, 4.69) is 10.6 Å². The molecule has 5 heteroatoms. The number of hydrogen-bond acceptors (Lipinski definition) is 4. The van der Waals surface area contributed by atoms with Gasteiger partial charge in [0, 0.05) is 12.6 Å². The van der Waals surface area contributed by atoms with Crippen molar-refractivity contribution >= 4 is 11.9 Å². The van der Waals surface area contributed by atoms with Crippen molar-refractivity contribution in [2.24, 2.45) is 5.92 Å². The predicted octanol–water partition coefficient (Wildman–Crippen LogP) is -0.974. The second-order valence-electron chi connectivity index (χ2n) is 4.13. The molecule has 2 bridgehead atoms. The molecule has 0 aromatic rings. The minimum atomic E-state index is -0.595. The highest BCUT2D eigenvalue weighted by Crippen LogP contribution is 2.32. The zero-order valence-corrected chi connectivity index (χ0v) is 8.29. The van der Waals surface area contributed by atoms with Gasteiger partial charge in [-0.3, -0.25) is 14.9 Å². The highest BCUT2D eigenvalue weighted by molar-refractivity contribution is 5.89. The molecule has 0 radical (unpaired) electrons. The largest absolute Gasteiger partial charge is 0.469 e. The van der Waals surface area contributed by atoms with E-state index in [-0.39, 0.29) is 23.8 Å². The number of ether oxygens (including phenoxy) is 1. The Labute approximate surface area is 82.2 Å². The van der Waals surface area contributed by atoms with E-state index in [0.717, 1.165) is 0 Å². The molecule has 0 unspecified atom stereocenters. The van der Waals surface area contributed by atoms with Gasteiger partial charge in [0.2, 0.25) is 5.91 Å². The van der Waals surface area contributed by atoms with E-state index in [9.17, 15) is 9.59 Å². The fourth-order valence-corrected chi connectivity index (χ4v) is 2.30. The number of nitrogens with one attached hydrogen (secondary N) is 2. The molecule has 5 nitrogen and oxygen atoms in total. The van der Waals surface area contributed by atoms with Gasteiger partial charge in [0.05, 0.1) is 18.6 Å². The molecule has 3 atom stereocenters. The van der Waals surface area contributed by atoms with Crippen LogP contribution >= 0.6 is 0 Å². The van der Waals surface area contributed by atoms with Crippen molar-refractivity contribution in [3.63, 3.8) is 0 Å². The lowest BCUT2D eigenvalue weighted by atomic mass is 9.94. The Bertz CT molecular complexity index is 292. The summed E-state index contributed by atoms with van der Waals surface area (Å²) in [5, 5.41) is 5.95. The molecule has 2 heterocycles. The summed E-state index contributed by atoms with van der Waals surface area (Å²) in [6, 6.07) is 0.0187. The summed E-state index contributed by atoms with van der Waals surface area (Å²) >= 11 is 0. The summed E-state index contributed by atoms with van der Waals surface area (Å²) in [5.41, 5.74) is -0.595. The van der Waals surface area contributed by atoms with E-state index in [1.54, 1.807) is 0 Å². The van der Waals surface area contributed by atoms with Crippen LogP contribution in [0.2, 0.25) is 0 Å². The molecule has 2 aliphatic heterocycles. The van der Waals surface area contributed by atoms with Crippen LogP contribution in [-0.2, 0) is 14.3 Å². The third-order valence-electron chi connectivity index (χ3n) is 3.11. The van der Waals surface area contributed by atoms with Gasteiger partial charge in [-0.25, -0.2) is 0 Å². The lowest BCUT2D eigenvalue weighted by molar-refractivity contribution is -0.145. The molecule has 14 heavy (non-hydrogen) atoms. The van der Waals surface area contributed by atoms with E-state index in [0.29, 0.717) is 13.0 Å². The standard InChI is InChI=1S/C9H14N2O3/c1-9-3-5(7(12)14-2)6(11-9)4-10-8(9)13/h5-6,11H,3-4H2,1-2H3,(H,10,13)/t5-,6-,9-/m0/s1. The number of amides is 1. The highest BCUT2D eigenvalue weighted by Gasteiger charge is 2.52. The summed E-state index contributed by atoms with van der Waals surface area (Å²) in [6.07, 6.45) is 0.524. The van der Waals surface area contributed by atoms with Gasteiger partial charge in [0.15, 0.2) is 0 Å². The van der Waals surface area contributed by atoms with Gasteiger partial charge >= 0.3 is 5.97 Å². The Hall–Kier alpha value is -1.10. The van der Waals surface area contributed by atoms with Crippen molar-refractivity contribution < 1.29 is 14.3 Å². The number of hydrogen-bond donors (Lipinski definition) is 2. The molecule has 78 valence electrons. The second-order valence-corrected chi connectivity index (χ2v) is 4.13. The SMILES string of the molecule is COC(=O)[C@H]1C[C@]2(C)N[C@H]1CNC2=O. The molecule has 0 spiro atoms. The summed E-state index contributed by atoms with van der Waals surface area (Å²) < 4.78 is 4.70. The van der Waals surface area contributed by atoms with Crippen molar-refractivity contribution in [2.75, 3.05) is 13.7 Å². The number of methoxy groups -OCH3 is 1. The molecule has 2 saturated heterocycles. The average molecular weight is 198 g/mol. The van der Waals surface area contributed by atoms with Gasteiger partial charge in [-0.2, -0.15) is 0 Å². The lowest BCUT2D eigenvalue weighted by Gasteiger charge is -2.29. The number of carbonyl (C=O) groups is 2. The van der Waals surface area contributed by atoms with E-state index >= 15 is 0 Å². The van der Waals surface area contributed by atoms with Crippen LogP contribution in [0.5, 0.6) is 0 Å². The van der Waals surface area contributed by atoms with E-state index in [1.807, 2.05) is 6.92 Å². The monoisotopic (exact) mass is 198 g/mol. The number of fused-ring (bicyclic) bond motifs is 2. The zero-order chi connectivity index (χ0) is 10.3. The molecular weight excluding hydrogens is 184 g/mol. The van der Waals surface area contributed by atoms with Gasteiger partial charge < -0.3 is 10.1 Å². The molecule has 2 rings (SSSR count). The molecule has 0 aliphatic carbocycles. The minimum absolute atomic E-state index is 0.0187. The van der Waals surface area contributed by atoms with E-state index in [1.165, 1.54) is 7.11 Å². The molecule has 0 aromatic heterocycles. The van der Waals surface area contributed by atoms with Crippen LogP contribution in [-0.4, -0.2) is 37.1 Å². The molecule has 2 aliphatic rings. The third kappa shape index (κ3) is 1.19. The van der Waals surface area contributed by atoms with E-state index < -0.39 is 5.54 Å². The van der Waals surface area contributed by atoms with Crippen LogP contribution in [0.3, 0.4) is 0 Å². The predicted molar refractivity (Wildman–Crippen MR) is 48.5 cm³/mol. The van der Waals surface area contributed by atoms with Crippen LogP contribution in [0.25, 0.3) is 0 Å². The van der Waals surface area contributed by atoms with Crippen molar-refractivity contribution in [3.05, 3.63) is 0 Å². The number of carbonyl (C=O) groups excluding carboxylic acids is 2. The van der Waals surface area contributed by atoms with Crippen molar-refractivity contribution in [3.8, 4) is 0 Å². The topological polar surface area (TPSA) is 67.4 Å². The van der Waals surface area contributed by atoms with Crippen LogP contribution in [0.15, 0.2) is 0 Å². The van der Waals surface area contributed by atoms with Gasteiger partial charge in [0.25, 0.3) is 0 Å². The first-order chi connectivity index (χ1) is 6.57. The fourth-order valence-electron chi connectivity index (χ4n) is 2.30. The van der Waals surface area contributed by atoms with Crippen molar-refractivity contribution in [1.82, 2.24) is 10.6 Å². The fraction of sp³-hybridized carbons (Fsp3) is 0.778. The first-order valence-electron chi connectivity index (χ1n) is 4.70. The molecule has 0 saturated carbocycles. The van der Waals surface area contributed by atoms with Crippen LogP contribution in [0.1, 0.15) is 13.3 Å². The molecule has 2 N–H and O–H groups in total. The first kappa shape index (κ1) is 9.45. The molecule has 0 aromatic carbocycles. The van der Waals surface area contributed by atoms with Crippen LogP contribution < -0.4 is 10.6 Å². The quantitative estimate of drug-likeness (QED) is 0.532. The normalized spacial score (nSPS) is 40.6. The molecule has 1 amide bonds. The number of esters is 1.